The zero-order valence-electron chi connectivity index (χ0n) is 11.1. The summed E-state index contributed by atoms with van der Waals surface area (Å²) < 4.78 is 26.0. The van der Waals surface area contributed by atoms with Gasteiger partial charge < -0.3 is 0 Å². The van der Waals surface area contributed by atoms with E-state index < -0.39 is 15.3 Å². The summed E-state index contributed by atoms with van der Waals surface area (Å²) >= 11 is 0. The van der Waals surface area contributed by atoms with Crippen LogP contribution in [0.4, 0.5) is 0 Å². The lowest BCUT2D eigenvalue weighted by molar-refractivity contribution is 0.404. The van der Waals surface area contributed by atoms with Crippen LogP contribution >= 0.6 is 0 Å². The van der Waals surface area contributed by atoms with Gasteiger partial charge in [0, 0.05) is 13.1 Å². The lowest BCUT2D eigenvalue weighted by Gasteiger charge is -2.23. The molecule has 0 saturated carbocycles. The minimum atomic E-state index is -3.44. The van der Waals surface area contributed by atoms with Crippen molar-refractivity contribution in [1.82, 2.24) is 4.31 Å². The molecule has 0 aliphatic carbocycles. The van der Waals surface area contributed by atoms with Crippen molar-refractivity contribution >= 4 is 10.0 Å². The molecule has 17 heavy (non-hydrogen) atoms. The fourth-order valence-corrected chi connectivity index (χ4v) is 3.55. The second-order valence-electron chi connectivity index (χ2n) is 4.20. The predicted molar refractivity (Wildman–Crippen MR) is 70.0 cm³/mol. The summed E-state index contributed by atoms with van der Waals surface area (Å²) in [6, 6.07) is 1.94. The number of rotatable bonds is 9. The Morgan fingerprint density at radius 2 is 1.65 bits per heavy atom. The Labute approximate surface area is 106 Å². The SMILES string of the molecule is CCCCC(C#N)S(=O)(=O)N(CCC)CCC. The van der Waals surface area contributed by atoms with Gasteiger partial charge in [0.2, 0.25) is 10.0 Å². The number of unbranched alkanes of at least 4 members (excludes halogenated alkanes) is 1. The van der Waals surface area contributed by atoms with Gasteiger partial charge in [-0.05, 0) is 19.3 Å². The van der Waals surface area contributed by atoms with E-state index in [4.69, 9.17) is 5.26 Å². The number of nitriles is 1. The summed E-state index contributed by atoms with van der Waals surface area (Å²) in [5.41, 5.74) is 0. The molecule has 1 unspecified atom stereocenters. The van der Waals surface area contributed by atoms with Crippen molar-refractivity contribution in [2.45, 2.75) is 58.1 Å². The fraction of sp³-hybridized carbons (Fsp3) is 0.917. The van der Waals surface area contributed by atoms with Crippen molar-refractivity contribution in [3.05, 3.63) is 0 Å². The molecule has 0 rings (SSSR count). The van der Waals surface area contributed by atoms with E-state index in [-0.39, 0.29) is 0 Å². The van der Waals surface area contributed by atoms with Gasteiger partial charge in [-0.3, -0.25) is 0 Å². The maximum Gasteiger partial charge on any atom is 0.230 e. The molecule has 0 heterocycles. The third-order valence-corrected chi connectivity index (χ3v) is 4.77. The molecule has 0 fully saturated rings. The number of nitrogens with zero attached hydrogens (tertiary/aromatic N) is 2. The minimum Gasteiger partial charge on any atom is -0.211 e. The topological polar surface area (TPSA) is 61.2 Å². The van der Waals surface area contributed by atoms with Gasteiger partial charge >= 0.3 is 0 Å². The van der Waals surface area contributed by atoms with Crippen LogP contribution in [0.15, 0.2) is 0 Å². The molecule has 0 aromatic rings. The highest BCUT2D eigenvalue weighted by molar-refractivity contribution is 7.90. The zero-order valence-corrected chi connectivity index (χ0v) is 12.0. The average molecular weight is 260 g/mol. The van der Waals surface area contributed by atoms with Crippen molar-refractivity contribution in [3.63, 3.8) is 0 Å². The molecule has 0 aromatic heterocycles. The summed E-state index contributed by atoms with van der Waals surface area (Å²) in [7, 11) is -3.44. The third kappa shape index (κ3) is 5.05. The first-order valence-electron chi connectivity index (χ1n) is 6.43. The maximum atomic E-state index is 12.3. The molecule has 1 atom stereocenters. The van der Waals surface area contributed by atoms with Crippen molar-refractivity contribution in [2.24, 2.45) is 0 Å². The van der Waals surface area contributed by atoms with E-state index in [1.165, 1.54) is 4.31 Å². The molecule has 0 radical (unpaired) electrons. The highest BCUT2D eigenvalue weighted by Gasteiger charge is 2.30. The van der Waals surface area contributed by atoms with Gasteiger partial charge in [-0.15, -0.1) is 0 Å². The van der Waals surface area contributed by atoms with Gasteiger partial charge in [0.15, 0.2) is 5.25 Å². The fourth-order valence-electron chi connectivity index (χ4n) is 1.71. The highest BCUT2D eigenvalue weighted by atomic mass is 32.2. The van der Waals surface area contributed by atoms with E-state index in [0.717, 1.165) is 25.7 Å². The van der Waals surface area contributed by atoms with Crippen LogP contribution in [-0.2, 0) is 10.0 Å². The molecule has 0 aliphatic heterocycles. The highest BCUT2D eigenvalue weighted by Crippen LogP contribution is 2.15. The molecule has 5 heteroatoms. The van der Waals surface area contributed by atoms with Crippen LogP contribution in [0.1, 0.15) is 52.9 Å². The zero-order chi connectivity index (χ0) is 13.3. The minimum absolute atomic E-state index is 0.444. The average Bonchev–Trinajstić information content (AvgIpc) is 2.29. The van der Waals surface area contributed by atoms with Crippen molar-refractivity contribution in [3.8, 4) is 6.07 Å². The molecule has 0 bridgehead atoms. The van der Waals surface area contributed by atoms with Crippen LogP contribution < -0.4 is 0 Å². The molecular formula is C12H24N2O2S. The van der Waals surface area contributed by atoms with E-state index in [0.29, 0.717) is 19.5 Å². The summed E-state index contributed by atoms with van der Waals surface area (Å²) in [6.07, 6.45) is 3.70. The Morgan fingerprint density at radius 1 is 1.12 bits per heavy atom. The monoisotopic (exact) mass is 260 g/mol. The molecular weight excluding hydrogens is 236 g/mol. The van der Waals surface area contributed by atoms with Crippen LogP contribution in [0, 0.1) is 11.3 Å². The Morgan fingerprint density at radius 3 is 2.00 bits per heavy atom. The first-order chi connectivity index (χ1) is 8.04. The lowest BCUT2D eigenvalue weighted by Crippen LogP contribution is -2.39. The summed E-state index contributed by atoms with van der Waals surface area (Å²) in [5.74, 6) is 0. The molecule has 0 spiro atoms. The summed E-state index contributed by atoms with van der Waals surface area (Å²) in [5, 5.41) is 8.14. The van der Waals surface area contributed by atoms with E-state index in [1.807, 2.05) is 26.8 Å². The normalized spacial score (nSPS) is 13.6. The molecule has 0 aliphatic rings. The van der Waals surface area contributed by atoms with E-state index >= 15 is 0 Å². The maximum absolute atomic E-state index is 12.3. The van der Waals surface area contributed by atoms with Crippen molar-refractivity contribution < 1.29 is 8.42 Å². The van der Waals surface area contributed by atoms with Gasteiger partial charge in [-0.1, -0.05) is 33.6 Å². The first kappa shape index (κ1) is 16.4. The largest absolute Gasteiger partial charge is 0.230 e. The quantitative estimate of drug-likeness (QED) is 0.640. The van der Waals surface area contributed by atoms with Gasteiger partial charge in [0.1, 0.15) is 0 Å². The predicted octanol–water partition coefficient (Wildman–Crippen LogP) is 2.52. The van der Waals surface area contributed by atoms with Gasteiger partial charge in [-0.25, -0.2) is 12.7 Å². The van der Waals surface area contributed by atoms with Crippen LogP contribution in [0.5, 0.6) is 0 Å². The van der Waals surface area contributed by atoms with Gasteiger partial charge in [0.05, 0.1) is 6.07 Å². The van der Waals surface area contributed by atoms with E-state index in [2.05, 4.69) is 0 Å². The van der Waals surface area contributed by atoms with Crippen molar-refractivity contribution in [1.29, 1.82) is 5.26 Å². The molecule has 100 valence electrons. The first-order valence-corrected chi connectivity index (χ1v) is 7.93. The lowest BCUT2D eigenvalue weighted by atomic mass is 10.2. The van der Waals surface area contributed by atoms with Crippen LogP contribution in [0.3, 0.4) is 0 Å². The third-order valence-electron chi connectivity index (χ3n) is 2.63. The van der Waals surface area contributed by atoms with Gasteiger partial charge in [0.25, 0.3) is 0 Å². The van der Waals surface area contributed by atoms with Crippen LogP contribution in [0.2, 0.25) is 0 Å². The Balaban J connectivity index is 4.84. The molecule has 0 N–H and O–H groups in total. The summed E-state index contributed by atoms with van der Waals surface area (Å²) in [4.78, 5) is 0. The smallest absolute Gasteiger partial charge is 0.211 e. The van der Waals surface area contributed by atoms with E-state index in [1.54, 1.807) is 0 Å². The molecule has 0 aromatic carbocycles. The van der Waals surface area contributed by atoms with E-state index in [9.17, 15) is 8.42 Å². The Kier molecular flexibility index (Phi) is 8.19. The van der Waals surface area contributed by atoms with Crippen LogP contribution in [-0.4, -0.2) is 31.1 Å². The molecule has 4 nitrogen and oxygen atoms in total. The number of hydrogen-bond acceptors (Lipinski definition) is 3. The molecule has 0 saturated heterocycles. The van der Waals surface area contributed by atoms with Gasteiger partial charge in [-0.2, -0.15) is 5.26 Å². The Hall–Kier alpha value is -0.600. The van der Waals surface area contributed by atoms with Crippen LogP contribution in [0.25, 0.3) is 0 Å². The Bertz CT molecular complexity index is 327. The second-order valence-corrected chi connectivity index (χ2v) is 6.32. The second kappa shape index (κ2) is 8.48. The summed E-state index contributed by atoms with van der Waals surface area (Å²) in [6.45, 7) is 6.93. The molecule has 0 amide bonds. The standard InChI is InChI=1S/C12H24N2O2S/c1-4-7-8-12(11-13)17(15,16)14(9-5-2)10-6-3/h12H,4-10H2,1-3H3. The number of sulfonamides is 1. The van der Waals surface area contributed by atoms with Crippen molar-refractivity contribution in [2.75, 3.05) is 13.1 Å². The number of hydrogen-bond donors (Lipinski definition) is 0.